The van der Waals surface area contributed by atoms with E-state index in [-0.39, 0.29) is 41.7 Å². The zero-order valence-electron chi connectivity index (χ0n) is 21.6. The number of carbonyl (C=O) groups is 2. The number of benzene rings is 1. The van der Waals surface area contributed by atoms with Crippen molar-refractivity contribution in [2.45, 2.75) is 62.7 Å². The molecule has 13 nitrogen and oxygen atoms in total. The van der Waals surface area contributed by atoms with Crippen LogP contribution in [0.15, 0.2) is 34.0 Å². The van der Waals surface area contributed by atoms with Gasteiger partial charge in [0.05, 0.1) is 55.4 Å². The molecule has 208 valence electrons. The Bertz CT molecular complexity index is 1470. The Balaban J connectivity index is 0.974. The van der Waals surface area contributed by atoms with Crippen molar-refractivity contribution in [3.8, 4) is 0 Å². The van der Waals surface area contributed by atoms with Gasteiger partial charge in [-0.2, -0.15) is 11.8 Å². The van der Waals surface area contributed by atoms with Crippen molar-refractivity contribution in [1.82, 2.24) is 40.7 Å². The van der Waals surface area contributed by atoms with Gasteiger partial charge in [-0.1, -0.05) is 17.7 Å². The molecule has 3 aromatic rings. The molecule has 3 atom stereocenters. The number of nitrogens with one attached hydrogen (secondary N) is 4. The van der Waals surface area contributed by atoms with Crippen LogP contribution in [0.4, 0.5) is 4.79 Å². The SMILES string of the molecule is Cn1[nH]c(=O)c2cc(COCCn3cc(CNC(=O)CCCC[C@@H]4SC[C@@H]5NC(=O)N[C@@H]54)nn3)ccc2c1=O. The maximum atomic E-state index is 12.2. The number of carbonyl (C=O) groups excluding carboxylic acids is 2. The van der Waals surface area contributed by atoms with Crippen molar-refractivity contribution in [3.63, 3.8) is 0 Å². The molecule has 0 unspecified atom stereocenters. The van der Waals surface area contributed by atoms with Crippen LogP contribution in [0.3, 0.4) is 0 Å². The summed E-state index contributed by atoms with van der Waals surface area (Å²) < 4.78 is 8.53. The Kier molecular flexibility index (Phi) is 8.31. The minimum atomic E-state index is -0.324. The minimum Gasteiger partial charge on any atom is -0.375 e. The largest absolute Gasteiger partial charge is 0.375 e. The molecule has 0 aliphatic carbocycles. The molecule has 3 amide bonds. The first-order chi connectivity index (χ1) is 18.9. The molecule has 4 N–H and O–H groups in total. The van der Waals surface area contributed by atoms with Gasteiger partial charge in [-0.25, -0.2) is 9.48 Å². The van der Waals surface area contributed by atoms with E-state index in [2.05, 4.69) is 31.4 Å². The number of nitrogens with zero attached hydrogens (tertiary/aromatic N) is 4. The fraction of sp³-hybridized carbons (Fsp3) is 0.520. The summed E-state index contributed by atoms with van der Waals surface area (Å²) >= 11 is 1.88. The summed E-state index contributed by atoms with van der Waals surface area (Å²) in [4.78, 5) is 48.0. The average molecular weight is 557 g/mol. The number of aromatic amines is 1. The van der Waals surface area contributed by atoms with Crippen LogP contribution in [0.1, 0.15) is 36.9 Å². The summed E-state index contributed by atoms with van der Waals surface area (Å²) in [5, 5.41) is 20.6. The normalized spacial score (nSPS) is 20.1. The molecule has 2 aromatic heterocycles. The Hall–Kier alpha value is -3.65. The molecule has 0 bridgehead atoms. The summed E-state index contributed by atoms with van der Waals surface area (Å²) in [6.45, 7) is 1.45. The van der Waals surface area contributed by atoms with Crippen molar-refractivity contribution in [2.24, 2.45) is 7.05 Å². The quantitative estimate of drug-likeness (QED) is 0.184. The number of hydrogen-bond acceptors (Lipinski definition) is 8. The topological polar surface area (TPSA) is 165 Å². The highest BCUT2D eigenvalue weighted by Gasteiger charge is 2.42. The molecule has 0 saturated carbocycles. The number of thioether (sulfide) groups is 1. The Morgan fingerprint density at radius 1 is 1.21 bits per heavy atom. The number of aryl methyl sites for hydroxylation is 1. The lowest BCUT2D eigenvalue weighted by Gasteiger charge is -2.16. The molecular weight excluding hydrogens is 524 g/mol. The van der Waals surface area contributed by atoms with Crippen LogP contribution < -0.4 is 27.1 Å². The number of H-pyrrole nitrogens is 1. The highest BCUT2D eigenvalue weighted by atomic mass is 32.2. The number of ether oxygens (including phenoxy) is 1. The molecule has 5 rings (SSSR count). The van der Waals surface area contributed by atoms with Crippen LogP contribution in [0.2, 0.25) is 0 Å². The molecule has 4 heterocycles. The van der Waals surface area contributed by atoms with E-state index in [1.807, 2.05) is 11.8 Å². The number of rotatable bonds is 12. The third-order valence-corrected chi connectivity index (χ3v) is 8.51. The van der Waals surface area contributed by atoms with Crippen LogP contribution in [0, 0.1) is 0 Å². The Morgan fingerprint density at radius 2 is 2.08 bits per heavy atom. The molecule has 2 saturated heterocycles. The maximum Gasteiger partial charge on any atom is 0.315 e. The molecule has 14 heteroatoms. The molecular formula is C25H32N8O5S. The summed E-state index contributed by atoms with van der Waals surface area (Å²) in [6, 6.07) is 5.43. The fourth-order valence-electron chi connectivity index (χ4n) is 4.93. The molecule has 0 radical (unpaired) electrons. The maximum absolute atomic E-state index is 12.2. The van der Waals surface area contributed by atoms with Gasteiger partial charge < -0.3 is 20.7 Å². The molecule has 1 aromatic carbocycles. The first-order valence-corrected chi connectivity index (χ1v) is 14.1. The number of aromatic nitrogens is 5. The van der Waals surface area contributed by atoms with Gasteiger partial charge in [0.1, 0.15) is 5.69 Å². The number of fused-ring (bicyclic) bond motifs is 2. The van der Waals surface area contributed by atoms with Crippen molar-refractivity contribution >= 4 is 34.5 Å². The van der Waals surface area contributed by atoms with Gasteiger partial charge in [-0.05, 0) is 30.5 Å². The Morgan fingerprint density at radius 3 is 2.95 bits per heavy atom. The third-order valence-electron chi connectivity index (χ3n) is 7.00. The van der Waals surface area contributed by atoms with E-state index in [0.717, 1.165) is 30.6 Å². The second-order valence-electron chi connectivity index (χ2n) is 9.85. The second kappa shape index (κ2) is 12.0. The van der Waals surface area contributed by atoms with Gasteiger partial charge in [0.15, 0.2) is 0 Å². The molecule has 2 aliphatic rings. The first kappa shape index (κ1) is 26.9. The lowest BCUT2D eigenvalue weighted by molar-refractivity contribution is -0.121. The van der Waals surface area contributed by atoms with E-state index in [1.54, 1.807) is 29.1 Å². The van der Waals surface area contributed by atoms with Gasteiger partial charge >= 0.3 is 6.03 Å². The van der Waals surface area contributed by atoms with Crippen LogP contribution in [-0.2, 0) is 36.3 Å². The van der Waals surface area contributed by atoms with Crippen molar-refractivity contribution < 1.29 is 14.3 Å². The zero-order valence-corrected chi connectivity index (χ0v) is 22.5. The number of urea groups is 1. The van der Waals surface area contributed by atoms with Gasteiger partial charge in [-0.15, -0.1) is 5.10 Å². The van der Waals surface area contributed by atoms with E-state index in [1.165, 1.54) is 11.7 Å². The predicted molar refractivity (Wildman–Crippen MR) is 145 cm³/mol. The number of amides is 3. The highest BCUT2D eigenvalue weighted by molar-refractivity contribution is 8.00. The molecule has 2 aliphatic heterocycles. The number of hydrogen-bond donors (Lipinski definition) is 4. The van der Waals surface area contributed by atoms with E-state index in [4.69, 9.17) is 4.74 Å². The molecule has 39 heavy (non-hydrogen) atoms. The first-order valence-electron chi connectivity index (χ1n) is 13.0. The van der Waals surface area contributed by atoms with E-state index >= 15 is 0 Å². The monoisotopic (exact) mass is 556 g/mol. The summed E-state index contributed by atoms with van der Waals surface area (Å²) in [5.41, 5.74) is 0.870. The lowest BCUT2D eigenvalue weighted by Crippen LogP contribution is -2.36. The van der Waals surface area contributed by atoms with Gasteiger partial charge in [-0.3, -0.25) is 24.2 Å². The van der Waals surface area contributed by atoms with Gasteiger partial charge in [0, 0.05) is 24.5 Å². The van der Waals surface area contributed by atoms with Crippen molar-refractivity contribution in [1.29, 1.82) is 0 Å². The predicted octanol–water partition coefficient (Wildman–Crippen LogP) is 0.377. The zero-order chi connectivity index (χ0) is 27.4. The van der Waals surface area contributed by atoms with Crippen LogP contribution in [0.5, 0.6) is 0 Å². The molecule has 2 fully saturated rings. The molecule has 0 spiro atoms. The fourth-order valence-corrected chi connectivity index (χ4v) is 6.47. The van der Waals surface area contributed by atoms with E-state index < -0.39 is 0 Å². The smallest absolute Gasteiger partial charge is 0.315 e. The lowest BCUT2D eigenvalue weighted by atomic mass is 10.0. The average Bonchev–Trinajstić information content (AvgIpc) is 3.63. The summed E-state index contributed by atoms with van der Waals surface area (Å²) in [5.74, 6) is 0.921. The van der Waals surface area contributed by atoms with E-state index in [9.17, 15) is 19.2 Å². The second-order valence-corrected chi connectivity index (χ2v) is 11.1. The van der Waals surface area contributed by atoms with Crippen molar-refractivity contribution in [3.05, 3.63) is 56.4 Å². The third kappa shape index (κ3) is 6.50. The highest BCUT2D eigenvalue weighted by Crippen LogP contribution is 2.33. The van der Waals surface area contributed by atoms with Gasteiger partial charge in [0.2, 0.25) is 5.91 Å². The van der Waals surface area contributed by atoms with Crippen LogP contribution in [-0.4, -0.2) is 66.4 Å². The van der Waals surface area contributed by atoms with E-state index in [0.29, 0.717) is 47.8 Å². The van der Waals surface area contributed by atoms with Crippen LogP contribution in [0.25, 0.3) is 10.8 Å². The van der Waals surface area contributed by atoms with Gasteiger partial charge in [0.25, 0.3) is 11.1 Å². The summed E-state index contributed by atoms with van der Waals surface area (Å²) in [6.07, 6.45) is 4.94. The Labute approximate surface area is 228 Å². The van der Waals surface area contributed by atoms with Crippen LogP contribution >= 0.6 is 11.8 Å². The minimum absolute atomic E-state index is 0.0206. The summed E-state index contributed by atoms with van der Waals surface area (Å²) in [7, 11) is 1.51. The number of unbranched alkanes of at least 4 members (excludes halogenated alkanes) is 1. The standard InChI is InChI=1S/C25H32N8O5S/c1-32-24(36)17-7-6-15(10-18(17)23(35)30-32)13-38-9-8-33-12-16(29-31-33)11-26-21(34)5-3-2-4-20-22-19(14-39-20)27-25(37)28-22/h6-7,10,12,19-20,22H,2-5,8-9,11,13-14H2,1H3,(H,26,34)(H,30,35)(H2,27,28,37)/t19-,20-,22-/m0/s1. The van der Waals surface area contributed by atoms with Crippen molar-refractivity contribution in [2.75, 3.05) is 12.4 Å².